The highest BCUT2D eigenvalue weighted by Gasteiger charge is 2.54. The van der Waals surface area contributed by atoms with Crippen molar-refractivity contribution in [2.75, 3.05) is 0 Å². The molecule has 3 heteroatoms. The normalized spacial score (nSPS) is 29.8. The third-order valence-corrected chi connectivity index (χ3v) is 14.4. The van der Waals surface area contributed by atoms with E-state index in [0.717, 1.165) is 25.7 Å². The van der Waals surface area contributed by atoms with Crippen LogP contribution in [0.3, 0.4) is 0 Å². The Hall–Kier alpha value is -0.153. The van der Waals surface area contributed by atoms with Crippen LogP contribution in [0, 0.1) is 28.6 Å². The summed E-state index contributed by atoms with van der Waals surface area (Å²) in [5.41, 5.74) is 0.486. The van der Waals surface area contributed by atoms with Crippen LogP contribution >= 0.6 is 0 Å². The van der Waals surface area contributed by atoms with Crippen LogP contribution in [0.1, 0.15) is 107 Å². The number of carbonyl (C=O) groups excluding carboxylic acids is 1. The zero-order valence-corrected chi connectivity index (χ0v) is 22.1. The molecule has 0 aromatic heterocycles. The lowest BCUT2D eigenvalue weighted by atomic mass is 9.57. The monoisotopic (exact) mass is 422 g/mol. The minimum Gasteiger partial charge on any atom is -0.412 e. The Morgan fingerprint density at radius 1 is 1.07 bits per heavy atom. The lowest BCUT2D eigenvalue weighted by Crippen LogP contribution is -2.45. The Balaban J connectivity index is 2.06. The largest absolute Gasteiger partial charge is 0.412 e. The molecule has 170 valence electrons. The molecule has 0 radical (unpaired) electrons. The van der Waals surface area contributed by atoms with Gasteiger partial charge in [-0.1, -0.05) is 48.5 Å². The maximum Gasteiger partial charge on any atom is 0.192 e. The molecule has 2 saturated carbocycles. The summed E-state index contributed by atoms with van der Waals surface area (Å²) >= 11 is 0. The van der Waals surface area contributed by atoms with E-state index < -0.39 is 8.32 Å². The van der Waals surface area contributed by atoms with Crippen LogP contribution in [-0.2, 0) is 9.22 Å². The molecule has 0 saturated heterocycles. The van der Waals surface area contributed by atoms with Crippen LogP contribution in [0.5, 0.6) is 0 Å². The second-order valence-corrected chi connectivity index (χ2v) is 16.6. The molecule has 2 nitrogen and oxygen atoms in total. The molecule has 4 atom stereocenters. The highest BCUT2D eigenvalue weighted by atomic mass is 28.4. The summed E-state index contributed by atoms with van der Waals surface area (Å²) in [6, 6.07) is 3.66. The molecule has 2 unspecified atom stereocenters. The minimum absolute atomic E-state index is 0.0336. The summed E-state index contributed by atoms with van der Waals surface area (Å²) in [6.45, 7) is 21.5. The Labute approximate surface area is 183 Å². The molecule has 0 aromatic carbocycles. The number of hydrogen-bond donors (Lipinski definition) is 0. The molecular weight excluding hydrogens is 372 g/mol. The quantitative estimate of drug-likeness (QED) is 0.333. The van der Waals surface area contributed by atoms with Crippen molar-refractivity contribution in [2.45, 2.75) is 131 Å². The molecule has 0 N–H and O–H groups in total. The van der Waals surface area contributed by atoms with Gasteiger partial charge in [-0.15, -0.1) is 0 Å². The predicted molar refractivity (Wildman–Crippen MR) is 128 cm³/mol. The highest BCUT2D eigenvalue weighted by molar-refractivity contribution is 6.73. The predicted octanol–water partition coefficient (Wildman–Crippen LogP) is 8.01. The van der Waals surface area contributed by atoms with E-state index in [1.54, 1.807) is 0 Å². The highest BCUT2D eigenvalue weighted by Crippen LogP contribution is 2.59. The fourth-order valence-electron chi connectivity index (χ4n) is 6.79. The molecule has 0 aromatic rings. The van der Waals surface area contributed by atoms with Gasteiger partial charge in [-0.25, -0.2) is 0 Å². The first kappa shape index (κ1) is 25.1. The van der Waals surface area contributed by atoms with Crippen molar-refractivity contribution in [3.8, 4) is 0 Å². The molecular formula is C26H50O2Si. The Kier molecular flexibility index (Phi) is 7.92. The summed E-state index contributed by atoms with van der Waals surface area (Å²) in [5.74, 6) is 2.22. The van der Waals surface area contributed by atoms with E-state index in [9.17, 15) is 4.79 Å². The van der Waals surface area contributed by atoms with Crippen LogP contribution in [0.4, 0.5) is 0 Å². The van der Waals surface area contributed by atoms with E-state index >= 15 is 0 Å². The third kappa shape index (κ3) is 5.19. The van der Waals surface area contributed by atoms with Gasteiger partial charge in [0.15, 0.2) is 8.32 Å². The van der Waals surface area contributed by atoms with Crippen LogP contribution in [0.15, 0.2) is 0 Å². The molecule has 0 spiro atoms. The van der Waals surface area contributed by atoms with E-state index in [1.165, 1.54) is 37.4 Å². The fraction of sp³-hybridized carbons (Fsp3) is 0.962. The zero-order chi connectivity index (χ0) is 22.1. The summed E-state index contributed by atoms with van der Waals surface area (Å²) in [5, 5.41) is 0. The van der Waals surface area contributed by atoms with Gasteiger partial charge < -0.3 is 4.43 Å². The average Bonchev–Trinajstić information content (AvgIpc) is 3.02. The smallest absolute Gasteiger partial charge is 0.192 e. The van der Waals surface area contributed by atoms with E-state index in [1.807, 2.05) is 0 Å². The zero-order valence-electron chi connectivity index (χ0n) is 21.1. The average molecular weight is 423 g/mol. The molecule has 2 fully saturated rings. The van der Waals surface area contributed by atoms with Gasteiger partial charge in [-0.3, -0.25) is 4.79 Å². The molecule has 0 heterocycles. The SMILES string of the molecule is CC[Si](CC)(CC)OC(C)(C)CCC(C)(C)[C@H](C)C1CCC2C(=O)CCC[C@@]21C. The molecule has 2 aliphatic rings. The lowest BCUT2D eigenvalue weighted by Gasteiger charge is -2.47. The first-order valence-corrected chi connectivity index (χ1v) is 15.1. The van der Waals surface area contributed by atoms with Crippen molar-refractivity contribution in [3.05, 3.63) is 0 Å². The maximum atomic E-state index is 12.6. The first-order chi connectivity index (χ1) is 13.4. The standard InChI is InChI=1S/C26H50O2Si/c1-10-29(11-2,12-3)28-25(7,8)19-18-24(5,6)20(4)21-15-16-22-23(27)14-13-17-26(21,22)9/h20-22H,10-19H2,1-9H3/t20-,21?,22?,26-/m1/s1. The summed E-state index contributed by atoms with van der Waals surface area (Å²) in [4.78, 5) is 12.6. The number of ketones is 1. The molecule has 0 amide bonds. The minimum atomic E-state index is -1.58. The molecule has 2 rings (SSSR count). The second-order valence-electron chi connectivity index (χ2n) is 11.9. The van der Waals surface area contributed by atoms with E-state index in [-0.39, 0.29) is 16.4 Å². The first-order valence-electron chi connectivity index (χ1n) is 12.6. The Morgan fingerprint density at radius 2 is 1.66 bits per heavy atom. The fourth-order valence-corrected chi connectivity index (χ4v) is 10.00. The summed E-state index contributed by atoms with van der Waals surface area (Å²) in [6.07, 6.45) is 7.89. The van der Waals surface area contributed by atoms with Gasteiger partial charge in [0.1, 0.15) is 5.78 Å². The van der Waals surface area contributed by atoms with Gasteiger partial charge in [0, 0.05) is 12.3 Å². The van der Waals surface area contributed by atoms with E-state index in [2.05, 4.69) is 62.3 Å². The van der Waals surface area contributed by atoms with Gasteiger partial charge in [0.25, 0.3) is 0 Å². The van der Waals surface area contributed by atoms with Gasteiger partial charge in [0.2, 0.25) is 0 Å². The molecule has 0 bridgehead atoms. The van der Waals surface area contributed by atoms with Crippen molar-refractivity contribution >= 4 is 14.1 Å². The number of Topliss-reactive ketones (excluding diaryl/α,β-unsaturated/α-hetero) is 1. The van der Waals surface area contributed by atoms with E-state index in [4.69, 9.17) is 4.43 Å². The van der Waals surface area contributed by atoms with Gasteiger partial charge >= 0.3 is 0 Å². The number of rotatable bonds is 10. The van der Waals surface area contributed by atoms with Crippen LogP contribution in [0.25, 0.3) is 0 Å². The topological polar surface area (TPSA) is 26.3 Å². The van der Waals surface area contributed by atoms with E-state index in [0.29, 0.717) is 23.5 Å². The number of fused-ring (bicyclic) bond motifs is 1. The second kappa shape index (κ2) is 9.15. The Bertz CT molecular complexity index is 555. The van der Waals surface area contributed by atoms with Gasteiger partial charge in [-0.2, -0.15) is 0 Å². The molecule has 29 heavy (non-hydrogen) atoms. The number of carbonyl (C=O) groups is 1. The third-order valence-electron chi connectivity index (χ3n) is 9.57. The van der Waals surface area contributed by atoms with Crippen LogP contribution in [-0.4, -0.2) is 19.7 Å². The van der Waals surface area contributed by atoms with Gasteiger partial charge in [0.05, 0.1) is 5.60 Å². The summed E-state index contributed by atoms with van der Waals surface area (Å²) < 4.78 is 6.89. The lowest BCUT2D eigenvalue weighted by molar-refractivity contribution is -0.130. The van der Waals surface area contributed by atoms with Crippen molar-refractivity contribution in [2.24, 2.45) is 28.6 Å². The number of hydrogen-bond acceptors (Lipinski definition) is 2. The molecule has 0 aliphatic heterocycles. The van der Waals surface area contributed by atoms with Crippen LogP contribution < -0.4 is 0 Å². The Morgan fingerprint density at radius 3 is 2.21 bits per heavy atom. The summed E-state index contributed by atoms with van der Waals surface area (Å²) in [7, 11) is -1.58. The molecule has 2 aliphatic carbocycles. The van der Waals surface area contributed by atoms with Crippen molar-refractivity contribution in [3.63, 3.8) is 0 Å². The van der Waals surface area contributed by atoms with Crippen molar-refractivity contribution < 1.29 is 9.22 Å². The van der Waals surface area contributed by atoms with Crippen molar-refractivity contribution in [1.29, 1.82) is 0 Å². The van der Waals surface area contributed by atoms with Crippen LogP contribution in [0.2, 0.25) is 18.1 Å². The van der Waals surface area contributed by atoms with Crippen molar-refractivity contribution in [1.82, 2.24) is 0 Å². The maximum absolute atomic E-state index is 12.6. The van der Waals surface area contributed by atoms with Gasteiger partial charge in [-0.05, 0) is 93.2 Å².